The average Bonchev–Trinajstić information content (AvgIpc) is 2.30. The van der Waals surface area contributed by atoms with E-state index >= 15 is 0 Å². The van der Waals surface area contributed by atoms with Gasteiger partial charge in [0.05, 0.1) is 0 Å². The molecule has 9 heavy (non-hydrogen) atoms. The molecule has 0 unspecified atom stereocenters. The molecule has 0 heterocycles. The number of halogens is 1. The highest BCUT2D eigenvalue weighted by molar-refractivity contribution is 6.64. The van der Waals surface area contributed by atoms with E-state index in [4.69, 9.17) is 11.6 Å². The van der Waals surface area contributed by atoms with E-state index in [0.29, 0.717) is 11.8 Å². The fourth-order valence-corrected chi connectivity index (χ4v) is 1.99. The molecule has 2 aliphatic rings. The molecule has 0 bridgehead atoms. The molecule has 0 N–H and O–H groups in total. The van der Waals surface area contributed by atoms with Crippen LogP contribution in [0.5, 0.6) is 0 Å². The normalized spacial score (nSPS) is 44.8. The second kappa shape index (κ2) is 1.60. The van der Waals surface area contributed by atoms with Gasteiger partial charge in [-0.25, -0.2) is 0 Å². The molecule has 1 saturated carbocycles. The summed E-state index contributed by atoms with van der Waals surface area (Å²) in [6.45, 7) is 0. The summed E-state index contributed by atoms with van der Waals surface area (Å²) < 4.78 is 0. The van der Waals surface area contributed by atoms with E-state index in [9.17, 15) is 4.79 Å². The summed E-state index contributed by atoms with van der Waals surface area (Å²) in [7, 11) is 0. The number of rotatable bonds is 1. The molecule has 3 atom stereocenters. The quantitative estimate of drug-likeness (QED) is 0.401. The lowest BCUT2D eigenvalue weighted by molar-refractivity contribution is -0.113. The third-order valence-corrected chi connectivity index (χ3v) is 2.51. The molecule has 48 valence electrons. The Balaban J connectivity index is 2.10. The van der Waals surface area contributed by atoms with Crippen molar-refractivity contribution in [3.8, 4) is 0 Å². The number of fused-ring (bicyclic) bond motifs is 1. The van der Waals surface area contributed by atoms with E-state index < -0.39 is 0 Å². The van der Waals surface area contributed by atoms with Crippen LogP contribution in [-0.2, 0) is 4.79 Å². The molecule has 0 saturated heterocycles. The van der Waals surface area contributed by atoms with Gasteiger partial charge in [0.25, 0.3) is 0 Å². The molecule has 0 radical (unpaired) electrons. The van der Waals surface area contributed by atoms with Crippen LogP contribution < -0.4 is 0 Å². The molecule has 2 heteroatoms. The zero-order valence-corrected chi connectivity index (χ0v) is 5.64. The first kappa shape index (κ1) is 5.48. The fraction of sp³-hybridized carbons (Fsp3) is 0.571. The predicted octanol–water partition coefficient (Wildman–Crippen LogP) is 1.57. The van der Waals surface area contributed by atoms with E-state index in [1.807, 2.05) is 0 Å². The summed E-state index contributed by atoms with van der Waals surface area (Å²) in [5.74, 6) is 1.27. The number of hydrogen-bond acceptors (Lipinski definition) is 1. The maximum atomic E-state index is 10.6. The molecule has 2 rings (SSSR count). The number of allylic oxidation sites excluding steroid dienone is 2. The van der Waals surface area contributed by atoms with Gasteiger partial charge in [0, 0.05) is 5.92 Å². The standard InChI is InChI=1S/C7H7ClO/c8-7(9)6-4-2-1-3-5(4)6/h1-2,4-6H,3H2/t4-,5+,6+/m1/s1. The Morgan fingerprint density at radius 1 is 1.67 bits per heavy atom. The molecule has 0 spiro atoms. The van der Waals surface area contributed by atoms with E-state index in [2.05, 4.69) is 12.2 Å². The third-order valence-electron chi connectivity index (χ3n) is 2.26. The highest BCUT2D eigenvalue weighted by Gasteiger charge is 2.53. The molecular weight excluding hydrogens is 136 g/mol. The zero-order valence-electron chi connectivity index (χ0n) is 4.88. The topological polar surface area (TPSA) is 17.1 Å². The van der Waals surface area contributed by atoms with Crippen LogP contribution in [-0.4, -0.2) is 5.24 Å². The minimum atomic E-state index is -0.144. The van der Waals surface area contributed by atoms with Gasteiger partial charge in [-0.05, 0) is 29.9 Å². The third kappa shape index (κ3) is 0.645. The fourth-order valence-electron chi connectivity index (χ4n) is 1.68. The summed E-state index contributed by atoms with van der Waals surface area (Å²) in [6.07, 6.45) is 5.30. The van der Waals surface area contributed by atoms with Crippen molar-refractivity contribution < 1.29 is 4.79 Å². The molecule has 0 aromatic rings. The molecule has 0 aliphatic heterocycles. The van der Waals surface area contributed by atoms with Crippen molar-refractivity contribution in [1.29, 1.82) is 0 Å². The number of carbonyl (C=O) groups is 1. The van der Waals surface area contributed by atoms with Gasteiger partial charge in [0.2, 0.25) is 5.24 Å². The van der Waals surface area contributed by atoms with Crippen LogP contribution in [0.15, 0.2) is 12.2 Å². The highest BCUT2D eigenvalue weighted by Crippen LogP contribution is 2.54. The molecular formula is C7H7ClO. The van der Waals surface area contributed by atoms with Crippen LogP contribution in [0.25, 0.3) is 0 Å². The van der Waals surface area contributed by atoms with Gasteiger partial charge in [-0.1, -0.05) is 12.2 Å². The summed E-state index contributed by atoms with van der Waals surface area (Å²) in [5, 5.41) is -0.144. The molecule has 2 aliphatic carbocycles. The van der Waals surface area contributed by atoms with Crippen molar-refractivity contribution in [1.82, 2.24) is 0 Å². The first-order chi connectivity index (χ1) is 4.30. The lowest BCUT2D eigenvalue weighted by atomic mass is 10.2. The van der Waals surface area contributed by atoms with Gasteiger partial charge in [0.15, 0.2) is 0 Å². The maximum Gasteiger partial charge on any atom is 0.225 e. The Morgan fingerprint density at radius 2 is 2.44 bits per heavy atom. The van der Waals surface area contributed by atoms with Crippen LogP contribution in [0.2, 0.25) is 0 Å². The van der Waals surface area contributed by atoms with E-state index in [1.54, 1.807) is 0 Å². The van der Waals surface area contributed by atoms with Gasteiger partial charge < -0.3 is 0 Å². The van der Waals surface area contributed by atoms with Gasteiger partial charge in [0.1, 0.15) is 0 Å². The summed E-state index contributed by atoms with van der Waals surface area (Å²) >= 11 is 5.30. The Bertz CT molecular complexity index is 185. The molecule has 0 aromatic heterocycles. The van der Waals surface area contributed by atoms with Crippen LogP contribution >= 0.6 is 11.6 Å². The Labute approximate surface area is 58.7 Å². The minimum absolute atomic E-state index is 0.144. The Hall–Kier alpha value is -0.300. The molecule has 0 amide bonds. The zero-order chi connectivity index (χ0) is 6.43. The minimum Gasteiger partial charge on any atom is -0.281 e. The van der Waals surface area contributed by atoms with Gasteiger partial charge in [-0.15, -0.1) is 0 Å². The highest BCUT2D eigenvalue weighted by atomic mass is 35.5. The van der Waals surface area contributed by atoms with Crippen molar-refractivity contribution in [3.63, 3.8) is 0 Å². The van der Waals surface area contributed by atoms with Crippen LogP contribution in [0.1, 0.15) is 6.42 Å². The maximum absolute atomic E-state index is 10.6. The lowest BCUT2D eigenvalue weighted by Gasteiger charge is -1.87. The SMILES string of the molecule is O=C(Cl)[C@H]1[C@@H]2C=CC[C@@H]21. The first-order valence-electron chi connectivity index (χ1n) is 3.16. The van der Waals surface area contributed by atoms with Crippen molar-refractivity contribution in [2.75, 3.05) is 0 Å². The largest absolute Gasteiger partial charge is 0.281 e. The second-order valence-electron chi connectivity index (χ2n) is 2.73. The smallest absolute Gasteiger partial charge is 0.225 e. The molecule has 0 aromatic carbocycles. The van der Waals surface area contributed by atoms with Crippen molar-refractivity contribution in [2.24, 2.45) is 17.8 Å². The summed E-state index contributed by atoms with van der Waals surface area (Å²) in [5.41, 5.74) is 0. The summed E-state index contributed by atoms with van der Waals surface area (Å²) in [4.78, 5) is 10.6. The van der Waals surface area contributed by atoms with Crippen LogP contribution in [0, 0.1) is 17.8 Å². The average molecular weight is 143 g/mol. The van der Waals surface area contributed by atoms with E-state index in [0.717, 1.165) is 6.42 Å². The second-order valence-corrected chi connectivity index (χ2v) is 3.11. The van der Waals surface area contributed by atoms with Gasteiger partial charge in [-0.2, -0.15) is 0 Å². The van der Waals surface area contributed by atoms with Crippen molar-refractivity contribution in [3.05, 3.63) is 12.2 Å². The van der Waals surface area contributed by atoms with Crippen LogP contribution in [0.3, 0.4) is 0 Å². The van der Waals surface area contributed by atoms with E-state index in [-0.39, 0.29) is 11.2 Å². The summed E-state index contributed by atoms with van der Waals surface area (Å²) in [6, 6.07) is 0. The predicted molar refractivity (Wildman–Crippen MR) is 35.1 cm³/mol. The number of hydrogen-bond donors (Lipinski definition) is 0. The molecule has 1 nitrogen and oxygen atoms in total. The lowest BCUT2D eigenvalue weighted by Crippen LogP contribution is -1.93. The number of carbonyl (C=O) groups excluding carboxylic acids is 1. The van der Waals surface area contributed by atoms with Crippen molar-refractivity contribution in [2.45, 2.75) is 6.42 Å². The van der Waals surface area contributed by atoms with Crippen molar-refractivity contribution >= 4 is 16.8 Å². The Morgan fingerprint density at radius 3 is 2.78 bits per heavy atom. The van der Waals surface area contributed by atoms with Gasteiger partial charge >= 0.3 is 0 Å². The molecule has 1 fully saturated rings. The first-order valence-corrected chi connectivity index (χ1v) is 3.54. The van der Waals surface area contributed by atoms with E-state index in [1.165, 1.54) is 0 Å². The van der Waals surface area contributed by atoms with Gasteiger partial charge in [-0.3, -0.25) is 4.79 Å². The monoisotopic (exact) mass is 142 g/mol. The van der Waals surface area contributed by atoms with Crippen LogP contribution in [0.4, 0.5) is 0 Å². The Kier molecular flexibility index (Phi) is 0.974.